The Kier molecular flexibility index (Phi) is 6.86. The van der Waals surface area contributed by atoms with Crippen LogP contribution in [0.5, 0.6) is 11.5 Å². The van der Waals surface area contributed by atoms with Gasteiger partial charge in [-0.1, -0.05) is 60.1 Å². The first-order valence-electron chi connectivity index (χ1n) is 10.4. The zero-order chi connectivity index (χ0) is 23.2. The molecule has 6 nitrogen and oxygen atoms in total. The van der Waals surface area contributed by atoms with Crippen molar-refractivity contribution in [3.63, 3.8) is 0 Å². The molecule has 33 heavy (non-hydrogen) atoms. The van der Waals surface area contributed by atoms with Crippen molar-refractivity contribution in [2.24, 2.45) is 0 Å². The lowest BCUT2D eigenvalue weighted by atomic mass is 10.0. The molecule has 1 aromatic heterocycles. The molecule has 0 atom stereocenters. The maximum atomic E-state index is 10.7. The molecule has 0 unspecified atom stereocenters. The lowest BCUT2D eigenvalue weighted by molar-refractivity contribution is -0.107. The van der Waals surface area contributed by atoms with Crippen LogP contribution in [0.2, 0.25) is 5.02 Å². The molecule has 0 radical (unpaired) electrons. The number of aldehydes is 1. The van der Waals surface area contributed by atoms with E-state index in [4.69, 9.17) is 22.1 Å². The monoisotopic (exact) mass is 459 g/mol. The van der Waals surface area contributed by atoms with Crippen LogP contribution in [-0.2, 0) is 24.2 Å². The molecule has 0 amide bonds. The van der Waals surface area contributed by atoms with Gasteiger partial charge in [-0.25, -0.2) is 9.97 Å². The summed E-state index contributed by atoms with van der Waals surface area (Å²) < 4.78 is 5.77. The van der Waals surface area contributed by atoms with Gasteiger partial charge in [0, 0.05) is 23.7 Å². The minimum Gasteiger partial charge on any atom is -0.506 e. The van der Waals surface area contributed by atoms with Gasteiger partial charge in [0.05, 0.1) is 5.69 Å². The third-order valence-electron chi connectivity index (χ3n) is 5.19. The van der Waals surface area contributed by atoms with Crippen LogP contribution in [0.3, 0.4) is 0 Å². The van der Waals surface area contributed by atoms with Crippen LogP contribution in [-0.4, -0.2) is 21.4 Å². The van der Waals surface area contributed by atoms with Crippen molar-refractivity contribution < 1.29 is 14.6 Å². The Hall–Kier alpha value is -3.90. The maximum absolute atomic E-state index is 10.7. The molecular formula is C26H22ClN3O3. The molecule has 4 rings (SSSR count). The molecule has 7 heteroatoms. The van der Waals surface area contributed by atoms with Gasteiger partial charge in [-0.3, -0.25) is 0 Å². The SMILES string of the molecule is Nc1nccc(-c2cccc(Cc3ccc(COc4ccc(CC=O)c(O)c4Cl)cc3)c2)n1. The third-order valence-corrected chi connectivity index (χ3v) is 5.56. The van der Waals surface area contributed by atoms with Crippen LogP contribution in [0, 0.1) is 0 Å². The van der Waals surface area contributed by atoms with Crippen molar-refractivity contribution in [2.45, 2.75) is 19.4 Å². The Morgan fingerprint density at radius 2 is 1.79 bits per heavy atom. The van der Waals surface area contributed by atoms with E-state index in [0.29, 0.717) is 17.9 Å². The largest absolute Gasteiger partial charge is 0.506 e. The van der Waals surface area contributed by atoms with E-state index in [0.717, 1.165) is 40.7 Å². The van der Waals surface area contributed by atoms with E-state index in [-0.39, 0.29) is 23.1 Å². The average Bonchev–Trinajstić information content (AvgIpc) is 2.83. The van der Waals surface area contributed by atoms with Gasteiger partial charge in [0.15, 0.2) is 0 Å². The molecule has 0 saturated heterocycles. The summed E-state index contributed by atoms with van der Waals surface area (Å²) in [7, 11) is 0. The molecule has 0 aliphatic rings. The molecule has 166 valence electrons. The smallest absolute Gasteiger partial charge is 0.220 e. The number of nitrogen functional groups attached to an aromatic ring is 1. The molecule has 0 spiro atoms. The van der Waals surface area contributed by atoms with Crippen molar-refractivity contribution in [1.29, 1.82) is 0 Å². The van der Waals surface area contributed by atoms with Crippen molar-refractivity contribution >= 4 is 23.8 Å². The van der Waals surface area contributed by atoms with Gasteiger partial charge in [0.25, 0.3) is 0 Å². The molecule has 4 aromatic rings. The predicted molar refractivity (Wildman–Crippen MR) is 128 cm³/mol. The number of hydrogen-bond acceptors (Lipinski definition) is 6. The molecule has 3 aromatic carbocycles. The second kappa shape index (κ2) is 10.1. The summed E-state index contributed by atoms with van der Waals surface area (Å²) >= 11 is 6.18. The van der Waals surface area contributed by atoms with Crippen LogP contribution in [0.4, 0.5) is 5.95 Å². The zero-order valence-electron chi connectivity index (χ0n) is 17.7. The lowest BCUT2D eigenvalue weighted by Crippen LogP contribution is -1.98. The Labute approximate surface area is 196 Å². The number of rotatable bonds is 8. The minimum absolute atomic E-state index is 0.101. The highest BCUT2D eigenvalue weighted by Crippen LogP contribution is 2.36. The fraction of sp³-hybridized carbons (Fsp3) is 0.115. The molecule has 0 saturated carbocycles. The predicted octanol–water partition coefficient (Wildman–Crippen LogP) is 5.00. The van der Waals surface area contributed by atoms with Crippen LogP contribution < -0.4 is 10.5 Å². The van der Waals surface area contributed by atoms with Crippen molar-refractivity contribution in [3.05, 3.63) is 100 Å². The number of halogens is 1. The van der Waals surface area contributed by atoms with Crippen LogP contribution in [0.1, 0.15) is 22.3 Å². The second-order valence-electron chi connectivity index (χ2n) is 7.54. The Bertz CT molecular complexity index is 1280. The number of aromatic hydroxyl groups is 1. The van der Waals surface area contributed by atoms with Gasteiger partial charge in [-0.05, 0) is 41.3 Å². The summed E-state index contributed by atoms with van der Waals surface area (Å²) in [6.07, 6.45) is 3.24. The fourth-order valence-corrected chi connectivity index (χ4v) is 3.72. The van der Waals surface area contributed by atoms with Gasteiger partial charge in [0.2, 0.25) is 5.95 Å². The molecule has 0 fully saturated rings. The highest BCUT2D eigenvalue weighted by Gasteiger charge is 2.12. The number of benzene rings is 3. The number of ether oxygens (including phenoxy) is 1. The number of carbonyl (C=O) groups is 1. The van der Waals surface area contributed by atoms with Crippen molar-refractivity contribution in [3.8, 4) is 22.8 Å². The second-order valence-corrected chi connectivity index (χ2v) is 7.92. The fourth-order valence-electron chi connectivity index (χ4n) is 3.48. The van der Waals surface area contributed by atoms with Crippen LogP contribution >= 0.6 is 11.6 Å². The highest BCUT2D eigenvalue weighted by molar-refractivity contribution is 6.33. The zero-order valence-corrected chi connectivity index (χ0v) is 18.5. The normalized spacial score (nSPS) is 10.7. The number of carbonyl (C=O) groups excluding carboxylic acids is 1. The standard InChI is InChI=1S/C26H22ClN3O3/c27-24-23(9-8-20(11-13-31)25(24)32)33-16-18-6-4-17(5-7-18)14-19-2-1-3-21(15-19)22-10-12-29-26(28)30-22/h1-10,12-13,15,32H,11,14,16H2,(H2,28,29,30). The minimum atomic E-state index is -0.122. The van der Waals surface area contributed by atoms with E-state index >= 15 is 0 Å². The quantitative estimate of drug-likeness (QED) is 0.360. The first-order valence-corrected chi connectivity index (χ1v) is 10.7. The first kappa shape index (κ1) is 22.3. The van der Waals surface area contributed by atoms with Gasteiger partial charge in [-0.2, -0.15) is 0 Å². The van der Waals surface area contributed by atoms with E-state index in [1.165, 1.54) is 0 Å². The van der Waals surface area contributed by atoms with E-state index in [2.05, 4.69) is 34.2 Å². The summed E-state index contributed by atoms with van der Waals surface area (Å²) in [5, 5.41) is 10.2. The Morgan fingerprint density at radius 3 is 2.55 bits per heavy atom. The number of aromatic nitrogens is 2. The van der Waals surface area contributed by atoms with E-state index in [1.807, 2.05) is 30.3 Å². The van der Waals surface area contributed by atoms with Gasteiger partial charge in [0.1, 0.15) is 29.4 Å². The number of nitrogens with zero attached hydrogens (tertiary/aromatic N) is 2. The van der Waals surface area contributed by atoms with Crippen LogP contribution in [0.15, 0.2) is 72.9 Å². The topological polar surface area (TPSA) is 98.3 Å². The average molecular weight is 460 g/mol. The summed E-state index contributed by atoms with van der Waals surface area (Å²) in [5.41, 5.74) is 11.2. The van der Waals surface area contributed by atoms with Gasteiger partial charge >= 0.3 is 0 Å². The molecule has 0 bridgehead atoms. The number of anilines is 1. The van der Waals surface area contributed by atoms with E-state index < -0.39 is 0 Å². The lowest BCUT2D eigenvalue weighted by Gasteiger charge is -2.12. The Morgan fingerprint density at radius 1 is 1.00 bits per heavy atom. The number of nitrogens with two attached hydrogens (primary N) is 1. The summed E-state index contributed by atoms with van der Waals surface area (Å²) in [4.78, 5) is 18.9. The maximum Gasteiger partial charge on any atom is 0.220 e. The first-order chi connectivity index (χ1) is 16.0. The van der Waals surface area contributed by atoms with Gasteiger partial charge in [-0.15, -0.1) is 0 Å². The highest BCUT2D eigenvalue weighted by atomic mass is 35.5. The Balaban J connectivity index is 1.41. The summed E-state index contributed by atoms with van der Waals surface area (Å²) in [5.74, 6) is 0.502. The third kappa shape index (κ3) is 5.48. The summed E-state index contributed by atoms with van der Waals surface area (Å²) in [6.45, 7) is 0.303. The molecule has 0 aliphatic heterocycles. The van der Waals surface area contributed by atoms with Crippen molar-refractivity contribution in [2.75, 3.05) is 5.73 Å². The van der Waals surface area contributed by atoms with E-state index in [1.54, 1.807) is 18.3 Å². The number of phenols is 1. The summed E-state index contributed by atoms with van der Waals surface area (Å²) in [6, 6.07) is 21.4. The molecule has 1 heterocycles. The number of hydrogen-bond donors (Lipinski definition) is 2. The van der Waals surface area contributed by atoms with Crippen molar-refractivity contribution in [1.82, 2.24) is 9.97 Å². The molecular weight excluding hydrogens is 438 g/mol. The van der Waals surface area contributed by atoms with Gasteiger partial charge < -0.3 is 20.4 Å². The molecule has 3 N–H and O–H groups in total. The van der Waals surface area contributed by atoms with E-state index in [9.17, 15) is 9.90 Å². The van der Waals surface area contributed by atoms with Crippen LogP contribution in [0.25, 0.3) is 11.3 Å². The number of phenolic OH excluding ortho intramolecular Hbond substituents is 1. The molecule has 0 aliphatic carbocycles.